The second-order valence-electron chi connectivity index (χ2n) is 9.34. The number of hydrogen-bond acceptors (Lipinski definition) is 6. The minimum absolute atomic E-state index is 0.0624. The van der Waals surface area contributed by atoms with Gasteiger partial charge in [0.2, 0.25) is 5.91 Å². The number of benzene rings is 1. The minimum Gasteiger partial charge on any atom is -0.369 e. The summed E-state index contributed by atoms with van der Waals surface area (Å²) in [5.41, 5.74) is 0.611. The van der Waals surface area contributed by atoms with Gasteiger partial charge in [0.25, 0.3) is 5.56 Å². The summed E-state index contributed by atoms with van der Waals surface area (Å²) in [5, 5.41) is 3.11. The Morgan fingerprint density at radius 1 is 0.971 bits per heavy atom. The van der Waals surface area contributed by atoms with Gasteiger partial charge < -0.3 is 15.1 Å². The lowest BCUT2D eigenvalue weighted by molar-refractivity contribution is -0.125. The van der Waals surface area contributed by atoms with Crippen molar-refractivity contribution >= 4 is 17.4 Å². The third kappa shape index (κ3) is 5.52. The molecule has 1 aromatic heterocycles. The summed E-state index contributed by atoms with van der Waals surface area (Å²) in [5.74, 6) is 0.509. The zero-order chi connectivity index (χ0) is 24.1. The first-order chi connectivity index (χ1) is 16.4. The highest BCUT2D eigenvalue weighted by atomic mass is 16.2. The molecule has 0 unspecified atom stereocenters. The summed E-state index contributed by atoms with van der Waals surface area (Å²) < 4.78 is 2.58. The van der Waals surface area contributed by atoms with Crippen molar-refractivity contribution < 1.29 is 4.79 Å². The summed E-state index contributed by atoms with van der Waals surface area (Å²) in [6.45, 7) is 7.03. The molecule has 2 aliphatic rings. The maximum atomic E-state index is 12.8. The first kappa shape index (κ1) is 24.1. The topological polar surface area (TPSA) is 82.8 Å². The van der Waals surface area contributed by atoms with Gasteiger partial charge in [-0.2, -0.15) is 0 Å². The Labute approximate surface area is 200 Å². The molecule has 0 bridgehead atoms. The molecule has 1 aromatic carbocycles. The van der Waals surface area contributed by atoms with Crippen LogP contribution in [0.2, 0.25) is 0 Å². The molecule has 9 heteroatoms. The number of carbonyl (C=O) groups is 1. The summed E-state index contributed by atoms with van der Waals surface area (Å²) in [4.78, 5) is 44.1. The van der Waals surface area contributed by atoms with Gasteiger partial charge in [-0.3, -0.25) is 23.6 Å². The lowest BCUT2D eigenvalue weighted by Gasteiger charge is -2.36. The van der Waals surface area contributed by atoms with Crippen LogP contribution in [-0.4, -0.2) is 72.3 Å². The number of nitrogens with zero attached hydrogens (tertiary/aromatic N) is 5. The second kappa shape index (κ2) is 10.9. The molecule has 34 heavy (non-hydrogen) atoms. The number of nitrogens with one attached hydrogen (secondary N) is 1. The number of aromatic nitrogens is 2. The van der Waals surface area contributed by atoms with Crippen molar-refractivity contribution in [2.75, 3.05) is 62.2 Å². The lowest BCUT2D eigenvalue weighted by Crippen LogP contribution is -2.48. The number of carbonyl (C=O) groups excluding carboxylic acids is 1. The molecule has 3 heterocycles. The number of rotatable bonds is 7. The van der Waals surface area contributed by atoms with Gasteiger partial charge in [-0.25, -0.2) is 4.79 Å². The summed E-state index contributed by atoms with van der Waals surface area (Å²) >= 11 is 0. The van der Waals surface area contributed by atoms with Crippen molar-refractivity contribution in [1.29, 1.82) is 0 Å². The van der Waals surface area contributed by atoms with Crippen LogP contribution in [0.1, 0.15) is 19.3 Å². The van der Waals surface area contributed by atoms with Crippen LogP contribution in [0, 0.1) is 5.92 Å². The molecule has 0 spiro atoms. The molecule has 1 N–H and O–H groups in total. The molecule has 1 atom stereocenters. The SMILES string of the molecule is Cn1c(N2CCC[C@@H](C(=O)NCCCN3CCN(c4ccccc4)CC3)C2)cc(=O)n(C)c1=O. The zero-order valence-corrected chi connectivity index (χ0v) is 20.3. The van der Waals surface area contributed by atoms with Crippen LogP contribution in [-0.2, 0) is 18.9 Å². The third-order valence-corrected chi connectivity index (χ3v) is 7.06. The Balaban J connectivity index is 1.20. The fraction of sp³-hybridized carbons (Fsp3) is 0.560. The number of hydrogen-bond donors (Lipinski definition) is 1. The molecule has 184 valence electrons. The molecule has 4 rings (SSSR count). The van der Waals surface area contributed by atoms with Crippen molar-refractivity contribution in [3.05, 3.63) is 57.2 Å². The standard InChI is InChI=1S/C25H36N6O3/c1-27-22(18-23(32)28(2)25(27)34)31-13-6-8-20(19-31)24(33)26-11-7-12-29-14-16-30(17-15-29)21-9-4-3-5-10-21/h3-5,9-10,18,20H,6-8,11-17,19H2,1-2H3,(H,26,33)/t20-/m1/s1. The smallest absolute Gasteiger partial charge is 0.332 e. The van der Waals surface area contributed by atoms with Gasteiger partial charge in [0, 0.05) is 71.7 Å². The summed E-state index contributed by atoms with van der Waals surface area (Å²) in [7, 11) is 3.14. The normalized spacial score (nSPS) is 19.3. The highest BCUT2D eigenvalue weighted by Crippen LogP contribution is 2.21. The Morgan fingerprint density at radius 3 is 2.44 bits per heavy atom. The minimum atomic E-state index is -0.348. The molecule has 0 aliphatic carbocycles. The van der Waals surface area contributed by atoms with Crippen LogP contribution >= 0.6 is 0 Å². The average Bonchev–Trinajstić information content (AvgIpc) is 2.88. The number of para-hydroxylation sites is 1. The number of piperazine rings is 1. The largest absolute Gasteiger partial charge is 0.369 e. The predicted octanol–water partition coefficient (Wildman–Crippen LogP) is 0.629. The van der Waals surface area contributed by atoms with E-state index in [-0.39, 0.29) is 23.1 Å². The maximum absolute atomic E-state index is 12.8. The highest BCUT2D eigenvalue weighted by molar-refractivity contribution is 5.79. The molecular weight excluding hydrogens is 432 g/mol. The molecule has 9 nitrogen and oxygen atoms in total. The molecule has 2 fully saturated rings. The number of anilines is 2. The second-order valence-corrected chi connectivity index (χ2v) is 9.34. The van der Waals surface area contributed by atoms with E-state index < -0.39 is 0 Å². The van der Waals surface area contributed by atoms with Crippen molar-refractivity contribution in [1.82, 2.24) is 19.4 Å². The van der Waals surface area contributed by atoms with E-state index in [9.17, 15) is 14.4 Å². The van der Waals surface area contributed by atoms with Gasteiger partial charge in [-0.15, -0.1) is 0 Å². The van der Waals surface area contributed by atoms with Crippen molar-refractivity contribution in [3.63, 3.8) is 0 Å². The van der Waals surface area contributed by atoms with E-state index in [1.165, 1.54) is 23.4 Å². The fourth-order valence-electron chi connectivity index (χ4n) is 4.95. The van der Waals surface area contributed by atoms with Crippen molar-refractivity contribution in [2.45, 2.75) is 19.3 Å². The molecule has 0 saturated carbocycles. The Morgan fingerprint density at radius 2 is 1.71 bits per heavy atom. The van der Waals surface area contributed by atoms with Crippen LogP contribution in [0.25, 0.3) is 0 Å². The van der Waals surface area contributed by atoms with E-state index >= 15 is 0 Å². The van der Waals surface area contributed by atoms with Gasteiger partial charge in [0.15, 0.2) is 0 Å². The van der Waals surface area contributed by atoms with E-state index in [4.69, 9.17) is 0 Å². The Bertz CT molecular complexity index is 1090. The van der Waals surface area contributed by atoms with E-state index in [1.807, 2.05) is 11.0 Å². The predicted molar refractivity (Wildman–Crippen MR) is 135 cm³/mol. The number of piperidine rings is 1. The highest BCUT2D eigenvalue weighted by Gasteiger charge is 2.27. The van der Waals surface area contributed by atoms with Crippen molar-refractivity contribution in [3.8, 4) is 0 Å². The lowest BCUT2D eigenvalue weighted by atomic mass is 9.97. The van der Waals surface area contributed by atoms with Crippen LogP contribution in [0.4, 0.5) is 11.5 Å². The van der Waals surface area contributed by atoms with Crippen molar-refractivity contribution in [2.24, 2.45) is 20.0 Å². The van der Waals surface area contributed by atoms with Gasteiger partial charge in [0.05, 0.1) is 5.92 Å². The third-order valence-electron chi connectivity index (χ3n) is 7.06. The van der Waals surface area contributed by atoms with E-state index in [0.29, 0.717) is 18.9 Å². The maximum Gasteiger partial charge on any atom is 0.332 e. The number of amides is 1. The van der Waals surface area contributed by atoms with E-state index in [0.717, 1.165) is 63.1 Å². The Kier molecular flexibility index (Phi) is 7.72. The zero-order valence-electron chi connectivity index (χ0n) is 20.3. The van der Waals surface area contributed by atoms with Gasteiger partial charge in [-0.1, -0.05) is 18.2 Å². The van der Waals surface area contributed by atoms with E-state index in [1.54, 1.807) is 7.05 Å². The first-order valence-electron chi connectivity index (χ1n) is 12.3. The van der Waals surface area contributed by atoms with Gasteiger partial charge in [0.1, 0.15) is 5.82 Å². The molecular formula is C25H36N6O3. The quantitative estimate of drug-likeness (QED) is 0.601. The van der Waals surface area contributed by atoms with Crippen LogP contribution in [0.15, 0.2) is 46.0 Å². The van der Waals surface area contributed by atoms with Gasteiger partial charge >= 0.3 is 5.69 Å². The Hall–Kier alpha value is -3.07. The molecule has 2 aromatic rings. The molecule has 2 aliphatic heterocycles. The average molecular weight is 469 g/mol. The first-order valence-corrected chi connectivity index (χ1v) is 12.3. The van der Waals surface area contributed by atoms with Crippen LogP contribution in [0.3, 0.4) is 0 Å². The van der Waals surface area contributed by atoms with Gasteiger partial charge in [-0.05, 0) is 37.9 Å². The summed E-state index contributed by atoms with van der Waals surface area (Å²) in [6.07, 6.45) is 2.60. The molecule has 0 radical (unpaired) electrons. The monoisotopic (exact) mass is 468 g/mol. The fourth-order valence-corrected chi connectivity index (χ4v) is 4.95. The van der Waals surface area contributed by atoms with Crippen LogP contribution in [0.5, 0.6) is 0 Å². The molecule has 2 saturated heterocycles. The van der Waals surface area contributed by atoms with Crippen LogP contribution < -0.4 is 26.4 Å². The molecule has 1 amide bonds. The van der Waals surface area contributed by atoms with E-state index in [2.05, 4.69) is 39.4 Å². The summed E-state index contributed by atoms with van der Waals surface area (Å²) in [6, 6.07) is 12.0.